The summed E-state index contributed by atoms with van der Waals surface area (Å²) in [5, 5.41) is 7.73. The van der Waals surface area contributed by atoms with Crippen molar-refractivity contribution in [3.8, 4) is 0 Å². The third-order valence-electron chi connectivity index (χ3n) is 6.23. The fourth-order valence-electron chi connectivity index (χ4n) is 4.62. The predicted octanol–water partition coefficient (Wildman–Crippen LogP) is 3.13. The molecule has 2 aliphatic heterocycles. The van der Waals surface area contributed by atoms with Crippen LogP contribution in [0.5, 0.6) is 0 Å². The molecule has 0 bridgehead atoms. The molecule has 1 aromatic carbocycles. The van der Waals surface area contributed by atoms with Crippen LogP contribution < -0.4 is 5.32 Å². The largest absolute Gasteiger partial charge is 0.335 e. The highest BCUT2D eigenvalue weighted by Crippen LogP contribution is 2.38. The molecule has 0 aliphatic carbocycles. The second-order valence-corrected chi connectivity index (χ2v) is 7.80. The van der Waals surface area contributed by atoms with Gasteiger partial charge >= 0.3 is 0 Å². The van der Waals surface area contributed by atoms with Crippen LogP contribution in [-0.2, 0) is 11.8 Å². The molecule has 4 rings (SSSR count). The second kappa shape index (κ2) is 8.03. The Labute approximate surface area is 167 Å². The molecule has 3 heterocycles. The van der Waals surface area contributed by atoms with Gasteiger partial charge in [-0.25, -0.2) is 0 Å². The fraction of sp³-hybridized carbons (Fsp3) is 0.524. The van der Waals surface area contributed by atoms with Crippen LogP contribution in [0.2, 0.25) is 0 Å². The van der Waals surface area contributed by atoms with E-state index < -0.39 is 0 Å². The van der Waals surface area contributed by atoms with E-state index in [2.05, 4.69) is 47.4 Å². The number of nitrogens with zero attached hydrogens (tertiary/aromatic N) is 3. The number of hydrogen-bond acceptors (Lipinski definition) is 3. The number of carbonyl (C=O) groups excluding carboxylic acids is 1. The molecule has 0 radical (unpaired) electrons. The van der Waals surface area contributed by atoms with Crippen molar-refractivity contribution >= 4 is 18.3 Å². The van der Waals surface area contributed by atoms with E-state index >= 15 is 0 Å². The minimum atomic E-state index is 0. The lowest BCUT2D eigenvalue weighted by atomic mass is 9.89. The highest BCUT2D eigenvalue weighted by molar-refractivity contribution is 5.85. The number of aryl methyl sites for hydroxylation is 2. The van der Waals surface area contributed by atoms with E-state index in [1.165, 1.54) is 22.3 Å². The molecule has 0 saturated carbocycles. The summed E-state index contributed by atoms with van der Waals surface area (Å²) in [5.74, 6) is 0.522. The van der Waals surface area contributed by atoms with Crippen LogP contribution in [0, 0.1) is 19.8 Å². The summed E-state index contributed by atoms with van der Waals surface area (Å²) in [4.78, 5) is 15.6. The predicted molar refractivity (Wildman–Crippen MR) is 109 cm³/mol. The lowest BCUT2D eigenvalue weighted by Gasteiger charge is -2.30. The number of carbonyl (C=O) groups is 1. The number of likely N-dealkylation sites (tertiary alicyclic amines) is 1. The van der Waals surface area contributed by atoms with Crippen molar-refractivity contribution in [2.24, 2.45) is 13.0 Å². The standard InChI is InChI=1S/C21H28N4O.ClH/c1-14-6-4-7-17(15(14)2)20-8-5-9-25(20)21(26)19-12-22-11-18(19)16-10-23-24(3)13-16;/h4,6-7,10,13,18-20,22H,5,8-9,11-12H2,1-3H3;1H/t18-,19+,20?;/m1./s1. The zero-order valence-corrected chi connectivity index (χ0v) is 17.1. The Morgan fingerprint density at radius 2 is 2.07 bits per heavy atom. The number of nitrogens with one attached hydrogen (secondary N) is 1. The molecule has 3 atom stereocenters. The number of amides is 1. The van der Waals surface area contributed by atoms with Crippen molar-refractivity contribution in [1.82, 2.24) is 20.0 Å². The zero-order valence-electron chi connectivity index (χ0n) is 16.3. The fourth-order valence-corrected chi connectivity index (χ4v) is 4.62. The Bertz CT molecular complexity index is 818. The molecule has 2 aliphatic rings. The van der Waals surface area contributed by atoms with Gasteiger partial charge in [-0.2, -0.15) is 5.10 Å². The van der Waals surface area contributed by atoms with Crippen LogP contribution in [0.1, 0.15) is 47.1 Å². The molecule has 2 aromatic rings. The van der Waals surface area contributed by atoms with Gasteiger partial charge in [-0.15, -0.1) is 12.4 Å². The molecule has 6 heteroatoms. The maximum absolute atomic E-state index is 13.5. The second-order valence-electron chi connectivity index (χ2n) is 7.80. The summed E-state index contributed by atoms with van der Waals surface area (Å²) < 4.78 is 1.82. The SMILES string of the molecule is Cc1cccc(C2CCCN2C(=O)[C@H]2CNC[C@@H]2c2cnn(C)c2)c1C.Cl. The molecule has 2 saturated heterocycles. The van der Waals surface area contributed by atoms with Crippen LogP contribution >= 0.6 is 12.4 Å². The van der Waals surface area contributed by atoms with E-state index in [4.69, 9.17) is 0 Å². The van der Waals surface area contributed by atoms with Crippen molar-refractivity contribution in [3.05, 3.63) is 52.8 Å². The van der Waals surface area contributed by atoms with E-state index in [0.29, 0.717) is 5.91 Å². The molecule has 1 aromatic heterocycles. The van der Waals surface area contributed by atoms with Gasteiger partial charge in [0.25, 0.3) is 0 Å². The third kappa shape index (κ3) is 3.63. The summed E-state index contributed by atoms with van der Waals surface area (Å²) >= 11 is 0. The Balaban J connectivity index is 0.00000210. The summed E-state index contributed by atoms with van der Waals surface area (Å²) in [6, 6.07) is 6.69. The van der Waals surface area contributed by atoms with Gasteiger partial charge in [0.1, 0.15) is 0 Å². The van der Waals surface area contributed by atoms with Crippen LogP contribution in [-0.4, -0.2) is 40.2 Å². The highest BCUT2D eigenvalue weighted by Gasteiger charge is 2.40. The minimum Gasteiger partial charge on any atom is -0.335 e. The quantitative estimate of drug-likeness (QED) is 0.878. The van der Waals surface area contributed by atoms with Crippen molar-refractivity contribution < 1.29 is 4.79 Å². The number of benzene rings is 1. The van der Waals surface area contributed by atoms with Gasteiger partial charge < -0.3 is 10.2 Å². The Morgan fingerprint density at radius 3 is 2.81 bits per heavy atom. The van der Waals surface area contributed by atoms with Gasteiger partial charge in [0.05, 0.1) is 18.2 Å². The van der Waals surface area contributed by atoms with Crippen molar-refractivity contribution in [2.45, 2.75) is 38.6 Å². The van der Waals surface area contributed by atoms with Crippen LogP contribution in [0.3, 0.4) is 0 Å². The van der Waals surface area contributed by atoms with Crippen molar-refractivity contribution in [1.29, 1.82) is 0 Å². The van der Waals surface area contributed by atoms with Crippen molar-refractivity contribution in [3.63, 3.8) is 0 Å². The van der Waals surface area contributed by atoms with Gasteiger partial charge in [-0.3, -0.25) is 9.48 Å². The van der Waals surface area contributed by atoms with E-state index in [1.807, 2.05) is 24.1 Å². The first-order valence-electron chi connectivity index (χ1n) is 9.62. The van der Waals surface area contributed by atoms with E-state index in [-0.39, 0.29) is 30.3 Å². The molecule has 146 valence electrons. The summed E-state index contributed by atoms with van der Waals surface area (Å²) in [6.07, 6.45) is 6.10. The summed E-state index contributed by atoms with van der Waals surface area (Å²) in [6.45, 7) is 6.81. The molecule has 2 fully saturated rings. The van der Waals surface area contributed by atoms with Gasteiger partial charge in [0.15, 0.2) is 0 Å². The molecule has 1 unspecified atom stereocenters. The van der Waals surface area contributed by atoms with Gasteiger partial charge in [-0.1, -0.05) is 18.2 Å². The number of halogens is 1. The van der Waals surface area contributed by atoms with Crippen molar-refractivity contribution in [2.75, 3.05) is 19.6 Å². The monoisotopic (exact) mass is 388 g/mol. The first-order valence-corrected chi connectivity index (χ1v) is 9.62. The van der Waals surface area contributed by atoms with Crippen LogP contribution in [0.25, 0.3) is 0 Å². The highest BCUT2D eigenvalue weighted by atomic mass is 35.5. The maximum Gasteiger partial charge on any atom is 0.228 e. The molecule has 1 N–H and O–H groups in total. The van der Waals surface area contributed by atoms with E-state index in [0.717, 1.165) is 32.5 Å². The Morgan fingerprint density at radius 1 is 1.26 bits per heavy atom. The molecule has 27 heavy (non-hydrogen) atoms. The van der Waals surface area contributed by atoms with Crippen LogP contribution in [0.15, 0.2) is 30.6 Å². The minimum absolute atomic E-state index is 0. The topological polar surface area (TPSA) is 50.2 Å². The molecule has 1 amide bonds. The molecule has 5 nitrogen and oxygen atoms in total. The average Bonchev–Trinajstić information content (AvgIpc) is 3.36. The first kappa shape index (κ1) is 19.9. The van der Waals surface area contributed by atoms with Gasteiger partial charge in [0, 0.05) is 38.8 Å². The average molecular weight is 389 g/mol. The number of hydrogen-bond donors (Lipinski definition) is 1. The Hall–Kier alpha value is -1.85. The van der Waals surface area contributed by atoms with E-state index in [9.17, 15) is 4.79 Å². The lowest BCUT2D eigenvalue weighted by Crippen LogP contribution is -2.38. The zero-order chi connectivity index (χ0) is 18.3. The molecule has 0 spiro atoms. The van der Waals surface area contributed by atoms with E-state index in [1.54, 1.807) is 0 Å². The molecular weight excluding hydrogens is 360 g/mol. The normalized spacial score (nSPS) is 24.9. The molecular formula is C21H29ClN4O. The number of aromatic nitrogens is 2. The smallest absolute Gasteiger partial charge is 0.228 e. The summed E-state index contributed by atoms with van der Waals surface area (Å²) in [7, 11) is 1.93. The van der Waals surface area contributed by atoms with Crippen LogP contribution in [0.4, 0.5) is 0 Å². The number of rotatable bonds is 3. The van der Waals surface area contributed by atoms with Gasteiger partial charge in [0.2, 0.25) is 5.91 Å². The Kier molecular flexibility index (Phi) is 5.92. The maximum atomic E-state index is 13.5. The van der Waals surface area contributed by atoms with Gasteiger partial charge in [-0.05, 0) is 48.9 Å². The third-order valence-corrected chi connectivity index (χ3v) is 6.23. The first-order chi connectivity index (χ1) is 12.6. The lowest BCUT2D eigenvalue weighted by molar-refractivity contribution is -0.136. The summed E-state index contributed by atoms with van der Waals surface area (Å²) in [5.41, 5.74) is 5.11.